The van der Waals surface area contributed by atoms with Crippen LogP contribution in [0.4, 0.5) is 0 Å². The van der Waals surface area contributed by atoms with Crippen molar-refractivity contribution in [3.05, 3.63) is 102 Å². The predicted molar refractivity (Wildman–Crippen MR) is 192 cm³/mol. The minimum absolute atomic E-state index is 0.0382. The number of carbonyl (C=O) groups excluding carboxylic acids is 2. The Morgan fingerprint density at radius 1 is 0.837 bits per heavy atom. The van der Waals surface area contributed by atoms with E-state index in [-0.39, 0.29) is 30.7 Å². The summed E-state index contributed by atoms with van der Waals surface area (Å²) >= 11 is 0. The Balaban J connectivity index is 1.40. The van der Waals surface area contributed by atoms with Crippen molar-refractivity contribution in [2.45, 2.75) is 78.2 Å². The molecule has 2 unspecified atom stereocenters. The molecule has 9 heteroatoms. The van der Waals surface area contributed by atoms with Crippen molar-refractivity contribution in [1.82, 2.24) is 20.6 Å². The second-order valence-electron chi connectivity index (χ2n) is 13.5. The number of benzene rings is 3. The third-order valence-corrected chi connectivity index (χ3v) is 8.43. The third kappa shape index (κ3) is 11.3. The van der Waals surface area contributed by atoms with Gasteiger partial charge in [0.1, 0.15) is 11.8 Å². The molecule has 0 saturated carbocycles. The molecule has 0 aliphatic carbocycles. The summed E-state index contributed by atoms with van der Waals surface area (Å²) in [6.45, 7) is 11.4. The molecule has 3 aromatic carbocycles. The summed E-state index contributed by atoms with van der Waals surface area (Å²) in [7, 11) is 0. The fraction of sp³-hybridized carbons (Fsp3) is 0.375. The summed E-state index contributed by atoms with van der Waals surface area (Å²) in [5.74, 6) is 0.210. The van der Waals surface area contributed by atoms with Crippen LogP contribution in [-0.4, -0.2) is 52.1 Å². The average molecular weight is 665 g/mol. The van der Waals surface area contributed by atoms with Crippen molar-refractivity contribution >= 4 is 17.8 Å². The lowest BCUT2D eigenvalue weighted by Gasteiger charge is -2.20. The van der Waals surface area contributed by atoms with Gasteiger partial charge in [0.15, 0.2) is 5.82 Å². The molecule has 4 aromatic rings. The van der Waals surface area contributed by atoms with E-state index >= 15 is 0 Å². The summed E-state index contributed by atoms with van der Waals surface area (Å²) in [6, 6.07) is 21.9. The second kappa shape index (κ2) is 17.4. The molecule has 0 fully saturated rings. The third-order valence-electron chi connectivity index (χ3n) is 8.43. The van der Waals surface area contributed by atoms with Crippen LogP contribution in [0.15, 0.2) is 85.2 Å². The van der Waals surface area contributed by atoms with E-state index in [1.54, 1.807) is 24.5 Å². The fourth-order valence-electron chi connectivity index (χ4n) is 5.40. The number of carboxylic acid groups (broad SMARTS) is 1. The molecule has 2 atom stereocenters. The molecule has 0 saturated heterocycles. The van der Waals surface area contributed by atoms with Gasteiger partial charge in [0.05, 0.1) is 13.0 Å². The molecule has 0 spiro atoms. The molecule has 1 heterocycles. The normalized spacial score (nSPS) is 12.5. The number of carbonyl (C=O) groups is 3. The van der Waals surface area contributed by atoms with E-state index in [1.165, 1.54) is 12.8 Å². The van der Waals surface area contributed by atoms with Crippen LogP contribution in [0.5, 0.6) is 5.75 Å². The van der Waals surface area contributed by atoms with Gasteiger partial charge in [-0.15, -0.1) is 0 Å². The minimum Gasteiger partial charge on any atom is -0.494 e. The topological polar surface area (TPSA) is 131 Å². The van der Waals surface area contributed by atoms with Gasteiger partial charge in [-0.3, -0.25) is 14.4 Å². The number of rotatable bonds is 16. The number of aromatic nitrogens is 2. The summed E-state index contributed by atoms with van der Waals surface area (Å²) < 4.78 is 5.92. The summed E-state index contributed by atoms with van der Waals surface area (Å²) in [4.78, 5) is 46.4. The molecule has 49 heavy (non-hydrogen) atoms. The van der Waals surface area contributed by atoms with Crippen LogP contribution in [0.25, 0.3) is 22.5 Å². The standard InChI is InChI=1S/C40H48N4O5/c1-6-7-27(2)21-23-49-34-18-14-29(15-19-34)32-25-42-37(43-26-32)30-10-8-28(9-11-30)24-35(39(48)41-22-20-36(45)46)44-38(47)31-12-16-33(17-13-31)40(3,4)5/h8-19,25-27,35H,6-7,20-24H2,1-5H3,(H,41,48)(H,44,47)(H,45,46). The van der Waals surface area contributed by atoms with Crippen molar-refractivity contribution in [2.75, 3.05) is 13.2 Å². The number of aliphatic carboxylic acids is 1. The first-order valence-corrected chi connectivity index (χ1v) is 17.0. The zero-order valence-corrected chi connectivity index (χ0v) is 29.2. The van der Waals surface area contributed by atoms with Crippen molar-refractivity contribution in [3.63, 3.8) is 0 Å². The Bertz CT molecular complexity index is 1660. The maximum absolute atomic E-state index is 13.2. The largest absolute Gasteiger partial charge is 0.494 e. The molecule has 0 aliphatic rings. The molecule has 258 valence electrons. The van der Waals surface area contributed by atoms with Crippen molar-refractivity contribution in [1.29, 1.82) is 0 Å². The van der Waals surface area contributed by atoms with Crippen LogP contribution in [0.1, 0.15) is 81.8 Å². The van der Waals surface area contributed by atoms with Gasteiger partial charge in [-0.05, 0) is 58.7 Å². The molecule has 4 rings (SSSR count). The number of nitrogens with one attached hydrogen (secondary N) is 2. The van der Waals surface area contributed by atoms with Gasteiger partial charge < -0.3 is 20.5 Å². The zero-order valence-electron chi connectivity index (χ0n) is 29.2. The first-order valence-electron chi connectivity index (χ1n) is 17.0. The van der Waals surface area contributed by atoms with Crippen molar-refractivity contribution < 1.29 is 24.2 Å². The van der Waals surface area contributed by atoms with Gasteiger partial charge in [0.2, 0.25) is 5.91 Å². The number of hydrogen-bond donors (Lipinski definition) is 3. The molecular formula is C40H48N4O5. The maximum Gasteiger partial charge on any atom is 0.305 e. The van der Waals surface area contributed by atoms with E-state index in [2.05, 4.69) is 55.2 Å². The monoisotopic (exact) mass is 664 g/mol. The van der Waals surface area contributed by atoms with Gasteiger partial charge >= 0.3 is 5.97 Å². The second-order valence-corrected chi connectivity index (χ2v) is 13.5. The number of amides is 2. The lowest BCUT2D eigenvalue weighted by atomic mass is 9.86. The highest BCUT2D eigenvalue weighted by Crippen LogP contribution is 2.25. The van der Waals surface area contributed by atoms with Crippen LogP contribution < -0.4 is 15.4 Å². The van der Waals surface area contributed by atoms with Gasteiger partial charge in [-0.2, -0.15) is 0 Å². The van der Waals surface area contributed by atoms with E-state index < -0.39 is 17.9 Å². The maximum atomic E-state index is 13.2. The van der Waals surface area contributed by atoms with Crippen molar-refractivity contribution in [3.8, 4) is 28.3 Å². The molecule has 9 nitrogen and oxygen atoms in total. The quantitative estimate of drug-likeness (QED) is 0.115. The zero-order chi connectivity index (χ0) is 35.4. The van der Waals surface area contributed by atoms with Crippen LogP contribution in [0, 0.1) is 5.92 Å². The molecule has 3 N–H and O–H groups in total. The van der Waals surface area contributed by atoms with Crippen LogP contribution >= 0.6 is 0 Å². The van der Waals surface area contributed by atoms with Gasteiger partial charge in [-0.25, -0.2) is 9.97 Å². The molecule has 0 aliphatic heterocycles. The molecule has 0 radical (unpaired) electrons. The smallest absolute Gasteiger partial charge is 0.305 e. The molecule has 1 aromatic heterocycles. The Morgan fingerprint density at radius 2 is 1.47 bits per heavy atom. The first kappa shape index (κ1) is 36.8. The van der Waals surface area contributed by atoms with Gasteiger partial charge in [-0.1, -0.05) is 96.0 Å². The molecular weight excluding hydrogens is 616 g/mol. The lowest BCUT2D eigenvalue weighted by molar-refractivity contribution is -0.137. The van der Waals surface area contributed by atoms with Gasteiger partial charge in [0, 0.05) is 42.0 Å². The number of carboxylic acids is 1. The summed E-state index contributed by atoms with van der Waals surface area (Å²) in [5.41, 5.74) is 4.97. The van der Waals surface area contributed by atoms with E-state index in [1.807, 2.05) is 60.7 Å². The van der Waals surface area contributed by atoms with E-state index in [0.29, 0.717) is 23.9 Å². The Labute approximate surface area is 289 Å². The number of ether oxygens (including phenoxy) is 1. The summed E-state index contributed by atoms with van der Waals surface area (Å²) in [5, 5.41) is 14.5. The SMILES string of the molecule is CCCC(C)CCOc1ccc(-c2cnc(-c3ccc(CC(NC(=O)c4ccc(C(C)(C)C)cc4)C(=O)NCCC(=O)O)cc3)nc2)cc1. The number of nitrogens with zero attached hydrogens (tertiary/aromatic N) is 2. The van der Waals surface area contributed by atoms with Crippen LogP contribution in [0.2, 0.25) is 0 Å². The Morgan fingerprint density at radius 3 is 2.06 bits per heavy atom. The Kier molecular flexibility index (Phi) is 13.0. The molecule has 2 amide bonds. The average Bonchev–Trinajstić information content (AvgIpc) is 3.08. The van der Waals surface area contributed by atoms with Gasteiger partial charge in [0.25, 0.3) is 5.91 Å². The van der Waals surface area contributed by atoms with E-state index in [0.717, 1.165) is 40.0 Å². The summed E-state index contributed by atoms with van der Waals surface area (Å²) in [6.07, 6.45) is 7.03. The predicted octanol–water partition coefficient (Wildman–Crippen LogP) is 7.25. The highest BCUT2D eigenvalue weighted by Gasteiger charge is 2.23. The van der Waals surface area contributed by atoms with Crippen molar-refractivity contribution in [2.24, 2.45) is 5.92 Å². The van der Waals surface area contributed by atoms with E-state index in [4.69, 9.17) is 9.84 Å². The Hall–Kier alpha value is -5.05. The first-order chi connectivity index (χ1) is 23.4. The van der Waals surface area contributed by atoms with Crippen LogP contribution in [-0.2, 0) is 21.4 Å². The highest BCUT2D eigenvalue weighted by molar-refractivity contribution is 5.97. The highest BCUT2D eigenvalue weighted by atomic mass is 16.5. The fourth-order valence-corrected chi connectivity index (χ4v) is 5.40. The van der Waals surface area contributed by atoms with Crippen LogP contribution in [0.3, 0.4) is 0 Å². The number of hydrogen-bond acceptors (Lipinski definition) is 6. The molecule has 0 bridgehead atoms. The van der Waals surface area contributed by atoms with E-state index in [9.17, 15) is 14.4 Å². The minimum atomic E-state index is -1.02. The lowest BCUT2D eigenvalue weighted by Crippen LogP contribution is -2.48.